The molecule has 1 nitrogen and oxygen atoms in total. The summed E-state index contributed by atoms with van der Waals surface area (Å²) in [6.07, 6.45) is -1.53. The zero-order chi connectivity index (χ0) is 9.28. The van der Waals surface area contributed by atoms with Crippen LogP contribution in [0.3, 0.4) is 0 Å². The molecule has 0 bridgehead atoms. The summed E-state index contributed by atoms with van der Waals surface area (Å²) in [5.41, 5.74) is -0.281. The largest absolute Gasteiger partial charge is 0.386 e. The number of aliphatic hydroxyl groups excluding tert-OH is 1. The Kier molecular flexibility index (Phi) is 3.44. The van der Waals surface area contributed by atoms with Crippen LogP contribution in [0.4, 0.5) is 8.78 Å². The Hall–Kier alpha value is 0.300. The van der Waals surface area contributed by atoms with Gasteiger partial charge in [0.05, 0.1) is 0 Å². The van der Waals surface area contributed by atoms with Gasteiger partial charge in [0, 0.05) is 0 Å². The van der Waals surface area contributed by atoms with Gasteiger partial charge in [-0.1, -0.05) is 20.8 Å². The van der Waals surface area contributed by atoms with Gasteiger partial charge < -0.3 is 5.11 Å². The molecule has 0 aromatic heterocycles. The van der Waals surface area contributed by atoms with Crippen LogP contribution in [-0.4, -0.2) is 16.0 Å². The molecule has 68 valence electrons. The molecule has 0 aromatic carbocycles. The fourth-order valence-electron chi connectivity index (χ4n) is 0.696. The minimum absolute atomic E-state index is 0.0747. The number of rotatable bonds is 2. The van der Waals surface area contributed by atoms with Gasteiger partial charge in [-0.2, -0.15) is 8.78 Å². The van der Waals surface area contributed by atoms with E-state index in [-0.39, 0.29) is 11.8 Å². The van der Waals surface area contributed by atoms with E-state index in [1.807, 2.05) is 0 Å². The molecule has 0 aromatic rings. The minimum atomic E-state index is -3.17. The molecule has 11 heavy (non-hydrogen) atoms. The lowest BCUT2D eigenvalue weighted by molar-refractivity contribution is -0.0463. The number of hydrogen-bond acceptors (Lipinski definition) is 1. The highest BCUT2D eigenvalue weighted by Gasteiger charge is 2.37. The Morgan fingerprint density at radius 2 is 1.73 bits per heavy atom. The van der Waals surface area contributed by atoms with E-state index >= 15 is 0 Å². The molecule has 0 saturated carbocycles. The molecule has 0 radical (unpaired) electrons. The second kappa shape index (κ2) is 3.35. The third-order valence-electron chi connectivity index (χ3n) is 1.18. The van der Waals surface area contributed by atoms with E-state index in [0.717, 1.165) is 0 Å². The van der Waals surface area contributed by atoms with Crippen molar-refractivity contribution >= 4 is 15.9 Å². The maximum atomic E-state index is 12.3. The van der Waals surface area contributed by atoms with Gasteiger partial charge in [0.25, 0.3) is 0 Å². The average molecular weight is 231 g/mol. The van der Waals surface area contributed by atoms with E-state index in [4.69, 9.17) is 5.11 Å². The molecule has 1 atom stereocenters. The molecule has 1 unspecified atom stereocenters. The molecule has 0 aliphatic rings. The fraction of sp³-hybridized carbons (Fsp3) is 1.00. The van der Waals surface area contributed by atoms with Crippen LogP contribution in [0.15, 0.2) is 0 Å². The number of hydrogen-bond donors (Lipinski definition) is 1. The normalized spacial score (nSPS) is 16.6. The zero-order valence-corrected chi connectivity index (χ0v) is 8.45. The van der Waals surface area contributed by atoms with Crippen molar-refractivity contribution in [3.63, 3.8) is 0 Å². The highest BCUT2D eigenvalue weighted by Crippen LogP contribution is 2.33. The number of halogens is 3. The SMILES string of the molecule is CC(C)(C)CC(O)C(F)(F)Br. The van der Waals surface area contributed by atoms with E-state index in [1.54, 1.807) is 20.8 Å². The summed E-state index contributed by atoms with van der Waals surface area (Å²) in [4.78, 5) is -3.17. The Morgan fingerprint density at radius 3 is 1.82 bits per heavy atom. The van der Waals surface area contributed by atoms with Gasteiger partial charge in [0.15, 0.2) is 0 Å². The Balaban J connectivity index is 3.99. The van der Waals surface area contributed by atoms with E-state index in [9.17, 15) is 8.78 Å². The smallest absolute Gasteiger partial charge is 0.326 e. The molecule has 0 aliphatic heterocycles. The third kappa shape index (κ3) is 5.56. The van der Waals surface area contributed by atoms with Gasteiger partial charge in [-0.05, 0) is 27.8 Å². The van der Waals surface area contributed by atoms with Gasteiger partial charge in [0.2, 0.25) is 0 Å². The first-order valence-corrected chi connectivity index (χ1v) is 4.17. The van der Waals surface area contributed by atoms with Crippen LogP contribution in [0.1, 0.15) is 27.2 Å². The molecular formula is C7H13BrF2O. The van der Waals surface area contributed by atoms with Crippen molar-refractivity contribution in [2.45, 2.75) is 38.1 Å². The maximum absolute atomic E-state index is 12.3. The Bertz CT molecular complexity index is 125. The Morgan fingerprint density at radius 1 is 1.36 bits per heavy atom. The summed E-state index contributed by atoms with van der Waals surface area (Å²) in [6.45, 7) is 5.40. The molecule has 0 fully saturated rings. The Labute approximate surface area is 73.9 Å². The third-order valence-corrected chi connectivity index (χ3v) is 1.71. The van der Waals surface area contributed by atoms with Gasteiger partial charge >= 0.3 is 4.83 Å². The summed E-state index contributed by atoms with van der Waals surface area (Å²) in [7, 11) is 0. The van der Waals surface area contributed by atoms with E-state index in [0.29, 0.717) is 0 Å². The van der Waals surface area contributed by atoms with Crippen LogP contribution in [0.25, 0.3) is 0 Å². The molecule has 1 N–H and O–H groups in total. The summed E-state index contributed by atoms with van der Waals surface area (Å²) < 4.78 is 24.6. The van der Waals surface area contributed by atoms with Crippen molar-refractivity contribution in [1.82, 2.24) is 0 Å². The van der Waals surface area contributed by atoms with Crippen LogP contribution in [0, 0.1) is 5.41 Å². The predicted octanol–water partition coefficient (Wildman–Crippen LogP) is 2.77. The van der Waals surface area contributed by atoms with Gasteiger partial charge in [-0.25, -0.2) is 0 Å². The van der Waals surface area contributed by atoms with Crippen LogP contribution >= 0.6 is 15.9 Å². The van der Waals surface area contributed by atoms with Crippen molar-refractivity contribution in [1.29, 1.82) is 0 Å². The molecule has 0 saturated heterocycles. The fourth-order valence-corrected chi connectivity index (χ4v) is 0.858. The highest BCUT2D eigenvalue weighted by molar-refractivity contribution is 9.10. The molecule has 4 heteroatoms. The molecule has 0 spiro atoms. The number of aliphatic hydroxyl groups is 1. The van der Waals surface area contributed by atoms with Gasteiger partial charge in [-0.3, -0.25) is 0 Å². The minimum Gasteiger partial charge on any atom is -0.386 e. The maximum Gasteiger partial charge on any atom is 0.326 e. The average Bonchev–Trinajstić information content (AvgIpc) is 1.56. The van der Waals surface area contributed by atoms with Crippen molar-refractivity contribution in [3.05, 3.63) is 0 Å². The van der Waals surface area contributed by atoms with Gasteiger partial charge in [-0.15, -0.1) is 0 Å². The summed E-state index contributed by atoms with van der Waals surface area (Å²) in [5.74, 6) is 0. The van der Waals surface area contributed by atoms with E-state index in [2.05, 4.69) is 15.9 Å². The van der Waals surface area contributed by atoms with E-state index in [1.165, 1.54) is 0 Å². The van der Waals surface area contributed by atoms with Crippen molar-refractivity contribution in [2.75, 3.05) is 0 Å². The first-order valence-electron chi connectivity index (χ1n) is 3.38. The zero-order valence-electron chi connectivity index (χ0n) is 6.87. The summed E-state index contributed by atoms with van der Waals surface area (Å²) in [6, 6.07) is 0. The standard InChI is InChI=1S/C7H13BrF2O/c1-6(2,3)4-5(11)7(8,9)10/h5,11H,4H2,1-3H3. The van der Waals surface area contributed by atoms with Crippen molar-refractivity contribution in [2.24, 2.45) is 5.41 Å². The molecule has 0 heterocycles. The lowest BCUT2D eigenvalue weighted by atomic mass is 9.89. The second-order valence-electron chi connectivity index (χ2n) is 3.82. The first-order chi connectivity index (χ1) is 4.63. The highest BCUT2D eigenvalue weighted by atomic mass is 79.9. The molecule has 0 aliphatic carbocycles. The topological polar surface area (TPSA) is 20.2 Å². The monoisotopic (exact) mass is 230 g/mol. The summed E-state index contributed by atoms with van der Waals surface area (Å²) >= 11 is 2.11. The molecule has 0 amide bonds. The lowest BCUT2D eigenvalue weighted by Crippen LogP contribution is -2.31. The van der Waals surface area contributed by atoms with E-state index < -0.39 is 10.9 Å². The molecule has 0 rings (SSSR count). The van der Waals surface area contributed by atoms with Gasteiger partial charge in [0.1, 0.15) is 6.10 Å². The lowest BCUT2D eigenvalue weighted by Gasteiger charge is -2.24. The van der Waals surface area contributed by atoms with Crippen molar-refractivity contribution < 1.29 is 13.9 Å². The van der Waals surface area contributed by atoms with Crippen LogP contribution in [0.5, 0.6) is 0 Å². The first kappa shape index (κ1) is 11.3. The van der Waals surface area contributed by atoms with Crippen LogP contribution in [0.2, 0.25) is 0 Å². The number of alkyl halides is 3. The quantitative estimate of drug-likeness (QED) is 0.724. The molecular weight excluding hydrogens is 218 g/mol. The second-order valence-corrected chi connectivity index (χ2v) is 4.88. The predicted molar refractivity (Wildman–Crippen MR) is 44.0 cm³/mol. The summed E-state index contributed by atoms with van der Waals surface area (Å²) in [5, 5.41) is 8.92. The van der Waals surface area contributed by atoms with Crippen molar-refractivity contribution in [3.8, 4) is 0 Å². The van der Waals surface area contributed by atoms with Crippen LogP contribution < -0.4 is 0 Å². The van der Waals surface area contributed by atoms with Crippen LogP contribution in [-0.2, 0) is 0 Å².